The Labute approximate surface area is 109 Å². The summed E-state index contributed by atoms with van der Waals surface area (Å²) in [6.45, 7) is 7.69. The molecule has 2 aliphatic rings. The fraction of sp³-hybridized carbons (Fsp3) is 0.600. The van der Waals surface area contributed by atoms with Crippen LogP contribution >= 0.6 is 0 Å². The van der Waals surface area contributed by atoms with Gasteiger partial charge in [0, 0.05) is 38.6 Å². The third kappa shape index (κ3) is 2.25. The predicted molar refractivity (Wildman–Crippen MR) is 73.1 cm³/mol. The van der Waals surface area contributed by atoms with Gasteiger partial charge in [0.05, 0.1) is 6.61 Å². The van der Waals surface area contributed by atoms with Gasteiger partial charge in [-0.25, -0.2) is 0 Å². The second-order valence-corrected chi connectivity index (χ2v) is 5.18. The predicted octanol–water partition coefficient (Wildman–Crippen LogP) is 1.98. The first kappa shape index (κ1) is 12.0. The van der Waals surface area contributed by atoms with Crippen molar-refractivity contribution in [2.75, 3.05) is 32.8 Å². The van der Waals surface area contributed by atoms with E-state index < -0.39 is 0 Å². The van der Waals surface area contributed by atoms with E-state index in [1.54, 1.807) is 0 Å². The van der Waals surface area contributed by atoms with Crippen LogP contribution < -0.4 is 10.1 Å². The summed E-state index contributed by atoms with van der Waals surface area (Å²) in [6.07, 6.45) is 2.25. The molecule has 2 aliphatic heterocycles. The minimum absolute atomic E-state index is 0.568. The number of benzene rings is 1. The van der Waals surface area contributed by atoms with E-state index in [0.29, 0.717) is 6.04 Å². The van der Waals surface area contributed by atoms with Crippen molar-refractivity contribution in [2.45, 2.75) is 25.8 Å². The van der Waals surface area contributed by atoms with Crippen LogP contribution in [0.2, 0.25) is 0 Å². The average Bonchev–Trinajstić information content (AvgIpc) is 2.88. The highest BCUT2D eigenvalue weighted by Crippen LogP contribution is 2.31. The van der Waals surface area contributed by atoms with Crippen LogP contribution in [0, 0.1) is 0 Å². The van der Waals surface area contributed by atoms with Crippen molar-refractivity contribution in [3.63, 3.8) is 0 Å². The number of fused-ring (bicyclic) bond motifs is 1. The van der Waals surface area contributed by atoms with Gasteiger partial charge < -0.3 is 10.1 Å². The molecule has 3 nitrogen and oxygen atoms in total. The molecule has 2 heterocycles. The Morgan fingerprint density at radius 2 is 2.17 bits per heavy atom. The van der Waals surface area contributed by atoms with Crippen molar-refractivity contribution in [1.82, 2.24) is 10.2 Å². The van der Waals surface area contributed by atoms with Gasteiger partial charge in [-0.3, -0.25) is 4.90 Å². The highest BCUT2D eigenvalue weighted by Gasteiger charge is 2.22. The largest absolute Gasteiger partial charge is 0.493 e. The quantitative estimate of drug-likeness (QED) is 0.882. The van der Waals surface area contributed by atoms with Crippen LogP contribution in [0.15, 0.2) is 18.2 Å². The number of nitrogens with zero attached hydrogens (tertiary/aromatic N) is 1. The zero-order chi connectivity index (χ0) is 12.4. The summed E-state index contributed by atoms with van der Waals surface area (Å²) in [5, 5.41) is 3.43. The van der Waals surface area contributed by atoms with Gasteiger partial charge in [-0.2, -0.15) is 0 Å². The van der Waals surface area contributed by atoms with Crippen LogP contribution in [0.1, 0.15) is 30.5 Å². The van der Waals surface area contributed by atoms with E-state index in [2.05, 4.69) is 35.3 Å². The molecule has 1 aromatic carbocycles. The summed E-state index contributed by atoms with van der Waals surface area (Å²) in [7, 11) is 0. The first-order valence-corrected chi connectivity index (χ1v) is 7.09. The zero-order valence-corrected chi connectivity index (χ0v) is 11.1. The lowest BCUT2D eigenvalue weighted by molar-refractivity contribution is 0.169. The van der Waals surface area contributed by atoms with Crippen LogP contribution in [0.25, 0.3) is 0 Å². The lowest BCUT2D eigenvalue weighted by atomic mass is 9.99. The number of rotatable bonds is 3. The maximum Gasteiger partial charge on any atom is 0.122 e. The van der Waals surface area contributed by atoms with E-state index in [4.69, 9.17) is 4.74 Å². The second kappa shape index (κ2) is 5.29. The molecule has 1 N–H and O–H groups in total. The Bertz CT molecular complexity index is 413. The summed E-state index contributed by atoms with van der Waals surface area (Å²) < 4.78 is 5.59. The molecule has 0 bridgehead atoms. The van der Waals surface area contributed by atoms with Gasteiger partial charge in [0.1, 0.15) is 5.75 Å². The van der Waals surface area contributed by atoms with E-state index in [1.165, 1.54) is 17.5 Å². The van der Waals surface area contributed by atoms with Gasteiger partial charge in [-0.1, -0.05) is 19.1 Å². The SMILES string of the molecule is CC[C@H](c1ccc2c(c1)CCO2)N1CCNCC1. The Hall–Kier alpha value is -1.06. The zero-order valence-electron chi connectivity index (χ0n) is 11.1. The molecule has 1 atom stereocenters. The van der Waals surface area contributed by atoms with Gasteiger partial charge >= 0.3 is 0 Å². The minimum Gasteiger partial charge on any atom is -0.493 e. The molecule has 0 unspecified atom stereocenters. The maximum absolute atomic E-state index is 5.59. The molecule has 3 heteroatoms. The molecule has 0 amide bonds. The first-order chi connectivity index (χ1) is 8.88. The number of ether oxygens (including phenoxy) is 1. The van der Waals surface area contributed by atoms with Crippen molar-refractivity contribution < 1.29 is 4.74 Å². The lowest BCUT2D eigenvalue weighted by Crippen LogP contribution is -2.45. The summed E-state index contributed by atoms with van der Waals surface area (Å²) in [5.74, 6) is 1.09. The Morgan fingerprint density at radius 3 is 2.94 bits per heavy atom. The minimum atomic E-state index is 0.568. The van der Waals surface area contributed by atoms with Crippen molar-refractivity contribution in [3.8, 4) is 5.75 Å². The maximum atomic E-state index is 5.59. The smallest absolute Gasteiger partial charge is 0.122 e. The summed E-state index contributed by atoms with van der Waals surface area (Å²) in [6, 6.07) is 7.33. The topological polar surface area (TPSA) is 24.5 Å². The number of nitrogens with one attached hydrogen (secondary N) is 1. The fourth-order valence-corrected chi connectivity index (χ4v) is 3.11. The van der Waals surface area contributed by atoms with Crippen molar-refractivity contribution >= 4 is 0 Å². The molecule has 18 heavy (non-hydrogen) atoms. The van der Waals surface area contributed by atoms with E-state index in [-0.39, 0.29) is 0 Å². The molecule has 3 rings (SSSR count). The summed E-state index contributed by atoms with van der Waals surface area (Å²) >= 11 is 0. The Kier molecular flexibility index (Phi) is 3.52. The van der Waals surface area contributed by atoms with Crippen LogP contribution in [0.5, 0.6) is 5.75 Å². The van der Waals surface area contributed by atoms with Crippen molar-refractivity contribution in [2.24, 2.45) is 0 Å². The van der Waals surface area contributed by atoms with Crippen molar-refractivity contribution in [1.29, 1.82) is 0 Å². The fourth-order valence-electron chi connectivity index (χ4n) is 3.11. The van der Waals surface area contributed by atoms with Crippen LogP contribution in [0.4, 0.5) is 0 Å². The van der Waals surface area contributed by atoms with Gasteiger partial charge in [0.15, 0.2) is 0 Å². The molecular formula is C15H22N2O. The van der Waals surface area contributed by atoms with E-state index >= 15 is 0 Å². The molecule has 1 saturated heterocycles. The molecule has 0 radical (unpaired) electrons. The molecule has 0 spiro atoms. The van der Waals surface area contributed by atoms with Gasteiger partial charge in [-0.15, -0.1) is 0 Å². The third-order valence-electron chi connectivity index (χ3n) is 4.08. The normalized spacial score (nSPS) is 21.4. The molecule has 1 fully saturated rings. The Morgan fingerprint density at radius 1 is 1.33 bits per heavy atom. The number of hydrogen-bond acceptors (Lipinski definition) is 3. The summed E-state index contributed by atoms with van der Waals surface area (Å²) in [4.78, 5) is 2.61. The average molecular weight is 246 g/mol. The highest BCUT2D eigenvalue weighted by molar-refractivity contribution is 5.40. The third-order valence-corrected chi connectivity index (χ3v) is 4.08. The second-order valence-electron chi connectivity index (χ2n) is 5.18. The van der Waals surface area contributed by atoms with Gasteiger partial charge in [0.2, 0.25) is 0 Å². The molecule has 1 aromatic rings. The molecule has 0 aliphatic carbocycles. The highest BCUT2D eigenvalue weighted by atomic mass is 16.5. The van der Waals surface area contributed by atoms with E-state index in [9.17, 15) is 0 Å². The first-order valence-electron chi connectivity index (χ1n) is 7.09. The Balaban J connectivity index is 1.82. The monoisotopic (exact) mass is 246 g/mol. The van der Waals surface area contributed by atoms with Crippen molar-refractivity contribution in [3.05, 3.63) is 29.3 Å². The summed E-state index contributed by atoms with van der Waals surface area (Å²) in [5.41, 5.74) is 2.85. The number of piperazine rings is 1. The van der Waals surface area contributed by atoms with Crippen LogP contribution in [0.3, 0.4) is 0 Å². The number of hydrogen-bond donors (Lipinski definition) is 1. The molecule has 0 saturated carbocycles. The van der Waals surface area contributed by atoms with E-state index in [0.717, 1.165) is 45.0 Å². The molecule has 0 aromatic heterocycles. The molecular weight excluding hydrogens is 224 g/mol. The molecule has 98 valence electrons. The lowest BCUT2D eigenvalue weighted by Gasteiger charge is -2.34. The van der Waals surface area contributed by atoms with Gasteiger partial charge in [0.25, 0.3) is 0 Å². The van der Waals surface area contributed by atoms with E-state index in [1.807, 2.05) is 0 Å². The van der Waals surface area contributed by atoms with Crippen LogP contribution in [-0.2, 0) is 6.42 Å². The van der Waals surface area contributed by atoms with Crippen LogP contribution in [-0.4, -0.2) is 37.7 Å². The van der Waals surface area contributed by atoms with Gasteiger partial charge in [-0.05, 0) is 23.6 Å². The standard InChI is InChI=1S/C15H22N2O/c1-2-14(17-8-6-16-7-9-17)12-3-4-15-13(11-12)5-10-18-15/h3-4,11,14,16H,2,5-10H2,1H3/t14-/m1/s1.